The second-order valence-electron chi connectivity index (χ2n) is 5.36. The van der Waals surface area contributed by atoms with E-state index in [0.29, 0.717) is 13.1 Å². The maximum absolute atomic E-state index is 12.2. The van der Waals surface area contributed by atoms with Crippen LogP contribution in [0.3, 0.4) is 0 Å². The molecule has 1 aromatic heterocycles. The normalized spacial score (nSPS) is 11.5. The first-order valence-corrected chi connectivity index (χ1v) is 8.10. The van der Waals surface area contributed by atoms with Crippen LogP contribution < -0.4 is 15.8 Å². The molecule has 1 amide bonds. The number of rotatable bonds is 6. The molecule has 3 N–H and O–H groups in total. The fourth-order valence-electron chi connectivity index (χ4n) is 2.09. The summed E-state index contributed by atoms with van der Waals surface area (Å²) in [4.78, 5) is 14.1. The molecule has 0 fully saturated rings. The van der Waals surface area contributed by atoms with E-state index in [9.17, 15) is 4.79 Å². The molecular formula is C17H23ClN2O2S. The number of ether oxygens (including phenoxy) is 1. The summed E-state index contributed by atoms with van der Waals surface area (Å²) >= 11 is 1.51. The Labute approximate surface area is 147 Å². The summed E-state index contributed by atoms with van der Waals surface area (Å²) < 4.78 is 5.17. The summed E-state index contributed by atoms with van der Waals surface area (Å²) in [5.41, 5.74) is 7.74. The van der Waals surface area contributed by atoms with Gasteiger partial charge in [-0.05, 0) is 48.7 Å². The fourth-order valence-corrected chi connectivity index (χ4v) is 3.05. The monoisotopic (exact) mass is 354 g/mol. The molecule has 0 saturated heterocycles. The first kappa shape index (κ1) is 19.5. The predicted molar refractivity (Wildman–Crippen MR) is 98.8 cm³/mol. The Balaban J connectivity index is 0.00000264. The van der Waals surface area contributed by atoms with Gasteiger partial charge in [-0.25, -0.2) is 0 Å². The van der Waals surface area contributed by atoms with Gasteiger partial charge in [-0.2, -0.15) is 0 Å². The molecule has 2 aromatic rings. The van der Waals surface area contributed by atoms with Crippen LogP contribution in [0.2, 0.25) is 0 Å². The van der Waals surface area contributed by atoms with Gasteiger partial charge in [-0.1, -0.05) is 19.1 Å². The van der Waals surface area contributed by atoms with Crippen molar-refractivity contribution in [3.63, 3.8) is 0 Å². The van der Waals surface area contributed by atoms with E-state index in [1.54, 1.807) is 7.11 Å². The Bertz CT molecular complexity index is 641. The fraction of sp³-hybridized carbons (Fsp3) is 0.353. The summed E-state index contributed by atoms with van der Waals surface area (Å²) in [6.45, 7) is 5.22. The first-order chi connectivity index (χ1) is 10.5. The number of benzene rings is 1. The lowest BCUT2D eigenvalue weighted by Crippen LogP contribution is -2.30. The van der Waals surface area contributed by atoms with Crippen molar-refractivity contribution in [1.82, 2.24) is 5.32 Å². The number of hydrogen-bond acceptors (Lipinski definition) is 4. The second kappa shape index (κ2) is 8.91. The topological polar surface area (TPSA) is 64.3 Å². The van der Waals surface area contributed by atoms with Gasteiger partial charge in [-0.15, -0.1) is 23.7 Å². The average Bonchev–Trinajstić information content (AvgIpc) is 2.94. The van der Waals surface area contributed by atoms with E-state index in [0.717, 1.165) is 26.6 Å². The van der Waals surface area contributed by atoms with Gasteiger partial charge in [0.25, 0.3) is 5.91 Å². The van der Waals surface area contributed by atoms with Crippen LogP contribution in [0.1, 0.15) is 21.5 Å². The zero-order valence-electron chi connectivity index (χ0n) is 13.6. The maximum atomic E-state index is 12.2. The molecule has 6 heteroatoms. The minimum atomic E-state index is -0.0341. The molecule has 2 rings (SSSR count). The standard InChI is InChI=1S/C17H22N2O2S.ClH/c1-11(9-18)10-19-17(20)16-8-15(12(2)22-16)13-4-6-14(21-3)7-5-13;/h4-8,11H,9-10,18H2,1-3H3,(H,19,20);1H. The van der Waals surface area contributed by atoms with Crippen LogP contribution in [0.15, 0.2) is 30.3 Å². The van der Waals surface area contributed by atoms with Crippen molar-refractivity contribution in [3.8, 4) is 16.9 Å². The van der Waals surface area contributed by atoms with E-state index in [1.165, 1.54) is 11.3 Å². The van der Waals surface area contributed by atoms with Gasteiger partial charge in [0.2, 0.25) is 0 Å². The smallest absolute Gasteiger partial charge is 0.261 e. The number of amides is 1. The van der Waals surface area contributed by atoms with Gasteiger partial charge in [0.15, 0.2) is 0 Å². The Morgan fingerprint density at radius 1 is 1.35 bits per heavy atom. The minimum absolute atomic E-state index is 0. The number of methoxy groups -OCH3 is 1. The van der Waals surface area contributed by atoms with Crippen LogP contribution >= 0.6 is 23.7 Å². The molecular weight excluding hydrogens is 332 g/mol. The molecule has 0 saturated carbocycles. The highest BCUT2D eigenvalue weighted by Gasteiger charge is 2.14. The molecule has 23 heavy (non-hydrogen) atoms. The first-order valence-electron chi connectivity index (χ1n) is 7.28. The third-order valence-electron chi connectivity index (χ3n) is 3.56. The van der Waals surface area contributed by atoms with Gasteiger partial charge >= 0.3 is 0 Å². The SMILES string of the molecule is COc1ccc(-c2cc(C(=O)NCC(C)CN)sc2C)cc1.Cl. The summed E-state index contributed by atoms with van der Waals surface area (Å²) in [6.07, 6.45) is 0. The highest BCUT2D eigenvalue weighted by atomic mass is 35.5. The average molecular weight is 355 g/mol. The second-order valence-corrected chi connectivity index (χ2v) is 6.62. The van der Waals surface area contributed by atoms with Gasteiger partial charge in [0.1, 0.15) is 5.75 Å². The van der Waals surface area contributed by atoms with Crippen LogP contribution in [0.5, 0.6) is 5.75 Å². The molecule has 0 aliphatic rings. The van der Waals surface area contributed by atoms with Crippen LogP contribution in [0.25, 0.3) is 11.1 Å². The van der Waals surface area contributed by atoms with E-state index < -0.39 is 0 Å². The van der Waals surface area contributed by atoms with E-state index in [-0.39, 0.29) is 24.2 Å². The molecule has 0 bridgehead atoms. The van der Waals surface area contributed by atoms with Crippen molar-refractivity contribution in [3.05, 3.63) is 40.1 Å². The number of thiophene rings is 1. The van der Waals surface area contributed by atoms with Gasteiger partial charge in [0, 0.05) is 11.4 Å². The van der Waals surface area contributed by atoms with E-state index in [4.69, 9.17) is 10.5 Å². The number of aryl methyl sites for hydroxylation is 1. The number of halogens is 1. The Kier molecular flexibility index (Phi) is 7.55. The zero-order valence-corrected chi connectivity index (χ0v) is 15.2. The van der Waals surface area contributed by atoms with Crippen LogP contribution in [-0.4, -0.2) is 26.1 Å². The van der Waals surface area contributed by atoms with Crippen molar-refractivity contribution in [2.75, 3.05) is 20.2 Å². The molecule has 0 radical (unpaired) electrons. The Hall–Kier alpha value is -1.56. The van der Waals surface area contributed by atoms with E-state index in [2.05, 4.69) is 5.32 Å². The lowest BCUT2D eigenvalue weighted by atomic mass is 10.1. The highest BCUT2D eigenvalue weighted by Crippen LogP contribution is 2.31. The molecule has 126 valence electrons. The molecule has 1 atom stereocenters. The zero-order chi connectivity index (χ0) is 16.1. The maximum Gasteiger partial charge on any atom is 0.261 e. The summed E-state index contributed by atoms with van der Waals surface area (Å²) in [5.74, 6) is 1.07. The van der Waals surface area contributed by atoms with Gasteiger partial charge in [-0.3, -0.25) is 4.79 Å². The van der Waals surface area contributed by atoms with Crippen LogP contribution in [-0.2, 0) is 0 Å². The summed E-state index contributed by atoms with van der Waals surface area (Å²) in [5, 5.41) is 2.93. The molecule has 1 heterocycles. The lowest BCUT2D eigenvalue weighted by molar-refractivity contribution is 0.0952. The summed E-state index contributed by atoms with van der Waals surface area (Å²) in [6, 6.07) is 9.81. The Morgan fingerprint density at radius 3 is 2.57 bits per heavy atom. The molecule has 0 aliphatic heterocycles. The third-order valence-corrected chi connectivity index (χ3v) is 4.61. The molecule has 4 nitrogen and oxygen atoms in total. The number of carbonyl (C=O) groups is 1. The number of carbonyl (C=O) groups excluding carboxylic acids is 1. The largest absolute Gasteiger partial charge is 0.497 e. The number of hydrogen-bond donors (Lipinski definition) is 2. The third kappa shape index (κ3) is 4.96. The van der Waals surface area contributed by atoms with E-state index in [1.807, 2.05) is 44.2 Å². The predicted octanol–water partition coefficient (Wildman–Crippen LogP) is 3.48. The molecule has 1 aromatic carbocycles. The Morgan fingerprint density at radius 2 is 2.00 bits per heavy atom. The van der Waals surface area contributed by atoms with Gasteiger partial charge < -0.3 is 15.8 Å². The van der Waals surface area contributed by atoms with Crippen LogP contribution in [0, 0.1) is 12.8 Å². The summed E-state index contributed by atoms with van der Waals surface area (Å²) in [7, 11) is 1.65. The lowest BCUT2D eigenvalue weighted by Gasteiger charge is -2.08. The molecule has 0 spiro atoms. The van der Waals surface area contributed by atoms with Crippen LogP contribution in [0.4, 0.5) is 0 Å². The number of nitrogens with one attached hydrogen (secondary N) is 1. The van der Waals surface area contributed by atoms with Gasteiger partial charge in [0.05, 0.1) is 12.0 Å². The van der Waals surface area contributed by atoms with E-state index >= 15 is 0 Å². The van der Waals surface area contributed by atoms with Crippen molar-refractivity contribution in [1.29, 1.82) is 0 Å². The minimum Gasteiger partial charge on any atom is -0.497 e. The molecule has 0 aliphatic carbocycles. The quantitative estimate of drug-likeness (QED) is 0.834. The molecule has 1 unspecified atom stereocenters. The van der Waals surface area contributed by atoms with Crippen molar-refractivity contribution in [2.24, 2.45) is 11.7 Å². The van der Waals surface area contributed by atoms with Crippen molar-refractivity contribution >= 4 is 29.7 Å². The van der Waals surface area contributed by atoms with Crippen molar-refractivity contribution < 1.29 is 9.53 Å². The highest BCUT2D eigenvalue weighted by molar-refractivity contribution is 7.14. The van der Waals surface area contributed by atoms with Crippen molar-refractivity contribution in [2.45, 2.75) is 13.8 Å². The number of nitrogens with two attached hydrogens (primary N) is 1.